The van der Waals surface area contributed by atoms with E-state index in [2.05, 4.69) is 5.32 Å². The SMILES string of the molecule is Cc1ccc(/C=C/C(=O)NC2CCCC2(C)C(=O)O)o1. The molecule has 0 aliphatic heterocycles. The summed E-state index contributed by atoms with van der Waals surface area (Å²) in [4.78, 5) is 23.2. The lowest BCUT2D eigenvalue weighted by atomic mass is 9.85. The molecule has 2 N–H and O–H groups in total. The summed E-state index contributed by atoms with van der Waals surface area (Å²) in [5.74, 6) is 0.230. The molecular weight excluding hydrogens is 258 g/mol. The summed E-state index contributed by atoms with van der Waals surface area (Å²) in [7, 11) is 0. The van der Waals surface area contributed by atoms with Crippen LogP contribution in [0.4, 0.5) is 0 Å². The van der Waals surface area contributed by atoms with E-state index in [-0.39, 0.29) is 11.9 Å². The van der Waals surface area contributed by atoms with Crippen molar-refractivity contribution in [1.29, 1.82) is 0 Å². The second-order valence-electron chi connectivity index (χ2n) is 5.46. The quantitative estimate of drug-likeness (QED) is 0.828. The maximum Gasteiger partial charge on any atom is 0.311 e. The minimum Gasteiger partial charge on any atom is -0.481 e. The van der Waals surface area contributed by atoms with Crippen LogP contribution in [0.1, 0.15) is 37.7 Å². The molecule has 2 rings (SSSR count). The number of amides is 1. The molecule has 2 atom stereocenters. The summed E-state index contributed by atoms with van der Waals surface area (Å²) in [5.41, 5.74) is -0.870. The zero-order valence-corrected chi connectivity index (χ0v) is 11.7. The number of hydrogen-bond acceptors (Lipinski definition) is 3. The number of carbonyl (C=O) groups is 2. The van der Waals surface area contributed by atoms with Crippen LogP contribution < -0.4 is 5.32 Å². The summed E-state index contributed by atoms with van der Waals surface area (Å²) < 4.78 is 5.32. The van der Waals surface area contributed by atoms with Gasteiger partial charge in [0.15, 0.2) is 0 Å². The van der Waals surface area contributed by atoms with Gasteiger partial charge in [0, 0.05) is 12.1 Å². The third-order valence-electron chi connectivity index (χ3n) is 3.92. The van der Waals surface area contributed by atoms with Crippen LogP contribution in [-0.2, 0) is 9.59 Å². The highest BCUT2D eigenvalue weighted by Crippen LogP contribution is 2.38. The molecule has 0 saturated heterocycles. The molecule has 5 heteroatoms. The number of aliphatic carboxylic acids is 1. The van der Waals surface area contributed by atoms with E-state index in [1.54, 1.807) is 19.1 Å². The largest absolute Gasteiger partial charge is 0.481 e. The van der Waals surface area contributed by atoms with Crippen molar-refractivity contribution >= 4 is 18.0 Å². The van der Waals surface area contributed by atoms with E-state index in [0.29, 0.717) is 18.6 Å². The van der Waals surface area contributed by atoms with Gasteiger partial charge in [-0.2, -0.15) is 0 Å². The lowest BCUT2D eigenvalue weighted by Gasteiger charge is -2.27. The van der Waals surface area contributed by atoms with E-state index in [4.69, 9.17) is 4.42 Å². The third-order valence-corrected chi connectivity index (χ3v) is 3.92. The topological polar surface area (TPSA) is 79.5 Å². The van der Waals surface area contributed by atoms with Crippen molar-refractivity contribution in [2.45, 2.75) is 39.2 Å². The lowest BCUT2D eigenvalue weighted by molar-refractivity contribution is -0.148. The first-order valence-corrected chi connectivity index (χ1v) is 6.70. The number of rotatable bonds is 4. The van der Waals surface area contributed by atoms with E-state index in [1.807, 2.05) is 13.0 Å². The van der Waals surface area contributed by atoms with Crippen molar-refractivity contribution in [2.24, 2.45) is 5.41 Å². The van der Waals surface area contributed by atoms with Gasteiger partial charge in [0.25, 0.3) is 0 Å². The molecule has 0 radical (unpaired) electrons. The van der Waals surface area contributed by atoms with Gasteiger partial charge in [0.05, 0.1) is 5.41 Å². The molecule has 0 spiro atoms. The molecule has 2 unspecified atom stereocenters. The van der Waals surface area contributed by atoms with E-state index in [9.17, 15) is 14.7 Å². The number of hydrogen-bond donors (Lipinski definition) is 2. The molecule has 5 nitrogen and oxygen atoms in total. The van der Waals surface area contributed by atoms with Crippen LogP contribution in [0.5, 0.6) is 0 Å². The predicted molar refractivity (Wildman–Crippen MR) is 74.0 cm³/mol. The fourth-order valence-corrected chi connectivity index (χ4v) is 2.57. The first-order chi connectivity index (χ1) is 9.41. The van der Waals surface area contributed by atoms with Gasteiger partial charge in [-0.15, -0.1) is 0 Å². The summed E-state index contributed by atoms with van der Waals surface area (Å²) in [5, 5.41) is 12.1. The number of nitrogens with one attached hydrogen (secondary N) is 1. The zero-order chi connectivity index (χ0) is 14.8. The molecule has 0 bridgehead atoms. The van der Waals surface area contributed by atoms with Gasteiger partial charge in [-0.3, -0.25) is 9.59 Å². The molecule has 1 fully saturated rings. The molecule has 1 aliphatic rings. The van der Waals surface area contributed by atoms with Crippen molar-refractivity contribution < 1.29 is 19.1 Å². The number of aryl methyl sites for hydroxylation is 1. The Bertz CT molecular complexity index is 546. The van der Waals surface area contributed by atoms with Crippen LogP contribution in [-0.4, -0.2) is 23.0 Å². The number of furan rings is 1. The van der Waals surface area contributed by atoms with Gasteiger partial charge in [-0.25, -0.2) is 0 Å². The Morgan fingerprint density at radius 3 is 2.85 bits per heavy atom. The van der Waals surface area contributed by atoms with Crippen LogP contribution in [0, 0.1) is 12.3 Å². The van der Waals surface area contributed by atoms with Gasteiger partial charge in [-0.05, 0) is 44.9 Å². The minimum atomic E-state index is -0.870. The standard InChI is InChI=1S/C15H19NO4/c1-10-5-6-11(20-10)7-8-13(17)16-12-4-3-9-15(12,2)14(18)19/h5-8,12H,3-4,9H2,1-2H3,(H,16,17)(H,18,19)/b8-7+. The van der Waals surface area contributed by atoms with Gasteiger partial charge in [-0.1, -0.05) is 6.42 Å². The second-order valence-corrected chi connectivity index (χ2v) is 5.46. The van der Waals surface area contributed by atoms with Crippen LogP contribution in [0.2, 0.25) is 0 Å². The first kappa shape index (κ1) is 14.4. The number of carboxylic acid groups (broad SMARTS) is 1. The monoisotopic (exact) mass is 277 g/mol. The summed E-state index contributed by atoms with van der Waals surface area (Å²) in [6, 6.07) is 3.27. The van der Waals surface area contributed by atoms with Crippen LogP contribution >= 0.6 is 0 Å². The summed E-state index contributed by atoms with van der Waals surface area (Å²) >= 11 is 0. The van der Waals surface area contributed by atoms with E-state index < -0.39 is 11.4 Å². The highest BCUT2D eigenvalue weighted by atomic mass is 16.4. The molecule has 1 heterocycles. The van der Waals surface area contributed by atoms with Crippen LogP contribution in [0.25, 0.3) is 6.08 Å². The maximum atomic E-state index is 11.9. The maximum absolute atomic E-state index is 11.9. The Kier molecular flexibility index (Phi) is 3.97. The minimum absolute atomic E-state index is 0.293. The molecule has 108 valence electrons. The molecule has 1 aromatic heterocycles. The van der Waals surface area contributed by atoms with Gasteiger partial charge in [0.2, 0.25) is 5.91 Å². The lowest BCUT2D eigenvalue weighted by Crippen LogP contribution is -2.46. The third kappa shape index (κ3) is 2.92. The summed E-state index contributed by atoms with van der Waals surface area (Å²) in [6.45, 7) is 3.51. The molecule has 1 saturated carbocycles. The highest BCUT2D eigenvalue weighted by molar-refractivity contribution is 5.92. The van der Waals surface area contributed by atoms with E-state index in [0.717, 1.165) is 12.2 Å². The average molecular weight is 277 g/mol. The number of carbonyl (C=O) groups excluding carboxylic acids is 1. The van der Waals surface area contributed by atoms with E-state index >= 15 is 0 Å². The second kappa shape index (κ2) is 5.53. The normalized spacial score (nSPS) is 26.0. The Morgan fingerprint density at radius 2 is 2.25 bits per heavy atom. The van der Waals surface area contributed by atoms with Crippen molar-refractivity contribution in [3.05, 3.63) is 29.7 Å². The fraction of sp³-hybridized carbons (Fsp3) is 0.467. The Balaban J connectivity index is 1.98. The summed E-state index contributed by atoms with van der Waals surface area (Å²) in [6.07, 6.45) is 5.06. The molecule has 0 aromatic carbocycles. The highest BCUT2D eigenvalue weighted by Gasteiger charge is 2.45. The van der Waals surface area contributed by atoms with Gasteiger partial charge < -0.3 is 14.8 Å². The van der Waals surface area contributed by atoms with E-state index in [1.165, 1.54) is 6.08 Å². The Hall–Kier alpha value is -2.04. The average Bonchev–Trinajstić information content (AvgIpc) is 2.95. The van der Waals surface area contributed by atoms with Crippen LogP contribution in [0.15, 0.2) is 22.6 Å². The van der Waals surface area contributed by atoms with Crippen molar-refractivity contribution in [1.82, 2.24) is 5.32 Å². The van der Waals surface area contributed by atoms with Crippen molar-refractivity contribution in [3.63, 3.8) is 0 Å². The van der Waals surface area contributed by atoms with Crippen molar-refractivity contribution in [2.75, 3.05) is 0 Å². The molecular formula is C15H19NO4. The van der Waals surface area contributed by atoms with Crippen molar-refractivity contribution in [3.8, 4) is 0 Å². The molecule has 20 heavy (non-hydrogen) atoms. The first-order valence-electron chi connectivity index (χ1n) is 6.70. The smallest absolute Gasteiger partial charge is 0.311 e. The van der Waals surface area contributed by atoms with Gasteiger partial charge in [0.1, 0.15) is 11.5 Å². The fourth-order valence-electron chi connectivity index (χ4n) is 2.57. The van der Waals surface area contributed by atoms with Crippen LogP contribution in [0.3, 0.4) is 0 Å². The molecule has 1 aliphatic carbocycles. The molecule has 1 aromatic rings. The Morgan fingerprint density at radius 1 is 1.50 bits per heavy atom. The predicted octanol–water partition coefficient (Wildman–Crippen LogP) is 2.36. The Labute approximate surface area is 117 Å². The zero-order valence-electron chi connectivity index (χ0n) is 11.7. The molecule has 1 amide bonds. The van der Waals surface area contributed by atoms with Gasteiger partial charge >= 0.3 is 5.97 Å². The number of carboxylic acids is 1.